The average Bonchev–Trinajstić information content (AvgIpc) is 2.46. The minimum atomic E-state index is -0.293. The molecule has 4 heteroatoms. The van der Waals surface area contributed by atoms with E-state index in [1.165, 1.54) is 12.1 Å². The second-order valence-electron chi connectivity index (χ2n) is 4.07. The van der Waals surface area contributed by atoms with Crippen molar-refractivity contribution in [3.63, 3.8) is 0 Å². The maximum absolute atomic E-state index is 12.8. The van der Waals surface area contributed by atoms with E-state index >= 15 is 0 Å². The average molecular weight is 261 g/mol. The molecule has 0 fully saturated rings. The number of nitrogens with two attached hydrogens (primary N) is 1. The summed E-state index contributed by atoms with van der Waals surface area (Å²) in [6.45, 7) is 0.324. The smallest absolute Gasteiger partial charge is 0.136 e. The fourth-order valence-electron chi connectivity index (χ4n) is 1.77. The Morgan fingerprint density at radius 3 is 2.47 bits per heavy atom. The van der Waals surface area contributed by atoms with Gasteiger partial charge in [0.1, 0.15) is 23.4 Å². The van der Waals surface area contributed by atoms with Crippen LogP contribution < -0.4 is 15.2 Å². The molecular weight excluding hydrogens is 245 g/mol. The van der Waals surface area contributed by atoms with Crippen LogP contribution in [-0.4, -0.2) is 13.7 Å². The van der Waals surface area contributed by atoms with E-state index in [1.54, 1.807) is 19.2 Å². The molecule has 0 bridgehead atoms. The summed E-state index contributed by atoms with van der Waals surface area (Å²) in [7, 11) is 1.61. The van der Waals surface area contributed by atoms with Crippen molar-refractivity contribution >= 4 is 0 Å². The lowest BCUT2D eigenvalue weighted by atomic mass is 10.1. The zero-order chi connectivity index (χ0) is 13.7. The third kappa shape index (κ3) is 3.45. The van der Waals surface area contributed by atoms with Crippen LogP contribution in [0.4, 0.5) is 4.39 Å². The maximum atomic E-state index is 12.8. The first-order chi connectivity index (χ1) is 9.22. The number of rotatable bonds is 5. The lowest BCUT2D eigenvalue weighted by Gasteiger charge is -2.18. The fourth-order valence-corrected chi connectivity index (χ4v) is 1.77. The highest BCUT2D eigenvalue weighted by Crippen LogP contribution is 2.24. The third-order valence-corrected chi connectivity index (χ3v) is 2.77. The summed E-state index contributed by atoms with van der Waals surface area (Å²) in [6, 6.07) is 13.4. The molecule has 0 spiro atoms. The van der Waals surface area contributed by atoms with Gasteiger partial charge in [0.25, 0.3) is 0 Å². The molecule has 19 heavy (non-hydrogen) atoms. The quantitative estimate of drug-likeness (QED) is 0.900. The second kappa shape index (κ2) is 6.20. The topological polar surface area (TPSA) is 44.5 Å². The van der Waals surface area contributed by atoms with Gasteiger partial charge in [-0.3, -0.25) is 0 Å². The summed E-state index contributed by atoms with van der Waals surface area (Å²) >= 11 is 0. The number of ether oxygens (including phenoxy) is 2. The van der Waals surface area contributed by atoms with Gasteiger partial charge in [-0.05, 0) is 42.0 Å². The van der Waals surface area contributed by atoms with Gasteiger partial charge < -0.3 is 15.2 Å². The molecule has 0 saturated heterocycles. The highest BCUT2D eigenvalue weighted by molar-refractivity contribution is 5.31. The largest absolute Gasteiger partial charge is 0.497 e. The second-order valence-corrected chi connectivity index (χ2v) is 4.07. The minimum Gasteiger partial charge on any atom is -0.497 e. The maximum Gasteiger partial charge on any atom is 0.136 e. The van der Waals surface area contributed by atoms with Crippen LogP contribution in [0.1, 0.15) is 11.7 Å². The van der Waals surface area contributed by atoms with Crippen LogP contribution >= 0.6 is 0 Å². The van der Waals surface area contributed by atoms with Gasteiger partial charge >= 0.3 is 0 Å². The molecule has 0 aliphatic heterocycles. The number of hydrogen-bond donors (Lipinski definition) is 1. The Kier molecular flexibility index (Phi) is 4.36. The van der Waals surface area contributed by atoms with Crippen LogP contribution in [0.25, 0.3) is 0 Å². The number of hydrogen-bond acceptors (Lipinski definition) is 3. The summed E-state index contributed by atoms with van der Waals surface area (Å²) in [6.07, 6.45) is -0.291. The molecule has 0 aliphatic rings. The van der Waals surface area contributed by atoms with E-state index in [9.17, 15) is 4.39 Å². The molecule has 2 aromatic carbocycles. The molecule has 0 aromatic heterocycles. The first-order valence-electron chi connectivity index (χ1n) is 5.99. The first-order valence-corrected chi connectivity index (χ1v) is 5.99. The summed E-state index contributed by atoms with van der Waals surface area (Å²) in [5.74, 6) is 1.04. The van der Waals surface area contributed by atoms with Gasteiger partial charge in [0.2, 0.25) is 0 Å². The predicted molar refractivity (Wildman–Crippen MR) is 71.8 cm³/mol. The highest BCUT2D eigenvalue weighted by Gasteiger charge is 2.12. The number of methoxy groups -OCH3 is 1. The van der Waals surface area contributed by atoms with E-state index in [4.69, 9.17) is 15.2 Å². The fraction of sp³-hybridized carbons (Fsp3) is 0.200. The SMILES string of the molecule is COc1cccc(C(CN)Oc2ccc(F)cc2)c1. The first kappa shape index (κ1) is 13.4. The summed E-state index contributed by atoms with van der Waals surface area (Å²) in [5, 5.41) is 0. The minimum absolute atomic E-state index is 0.291. The molecule has 0 heterocycles. The van der Waals surface area contributed by atoms with Crippen LogP contribution in [0.3, 0.4) is 0 Å². The van der Waals surface area contributed by atoms with Crippen molar-refractivity contribution in [2.75, 3.05) is 13.7 Å². The van der Waals surface area contributed by atoms with Crippen molar-refractivity contribution in [2.45, 2.75) is 6.10 Å². The molecule has 0 saturated carbocycles. The zero-order valence-electron chi connectivity index (χ0n) is 10.7. The molecule has 2 N–H and O–H groups in total. The van der Waals surface area contributed by atoms with Crippen molar-refractivity contribution < 1.29 is 13.9 Å². The normalized spacial score (nSPS) is 11.9. The lowest BCUT2D eigenvalue weighted by molar-refractivity contribution is 0.213. The molecule has 0 aliphatic carbocycles. The van der Waals surface area contributed by atoms with Gasteiger partial charge in [-0.1, -0.05) is 12.1 Å². The van der Waals surface area contributed by atoms with Crippen LogP contribution in [0.5, 0.6) is 11.5 Å². The van der Waals surface area contributed by atoms with Crippen molar-refractivity contribution in [1.29, 1.82) is 0 Å². The zero-order valence-corrected chi connectivity index (χ0v) is 10.7. The van der Waals surface area contributed by atoms with Gasteiger partial charge in [0.15, 0.2) is 0 Å². The molecule has 3 nitrogen and oxygen atoms in total. The Bertz CT molecular complexity index is 528. The summed E-state index contributed by atoms with van der Waals surface area (Å²) < 4.78 is 23.8. The van der Waals surface area contributed by atoms with Crippen LogP contribution in [0.15, 0.2) is 48.5 Å². The van der Waals surface area contributed by atoms with E-state index in [1.807, 2.05) is 24.3 Å². The molecule has 0 radical (unpaired) electrons. The van der Waals surface area contributed by atoms with E-state index in [2.05, 4.69) is 0 Å². The molecule has 100 valence electrons. The number of halogens is 1. The monoisotopic (exact) mass is 261 g/mol. The Morgan fingerprint density at radius 1 is 1.11 bits per heavy atom. The Morgan fingerprint density at radius 2 is 1.84 bits per heavy atom. The Balaban J connectivity index is 2.17. The van der Waals surface area contributed by atoms with Crippen molar-refractivity contribution in [3.8, 4) is 11.5 Å². The van der Waals surface area contributed by atoms with E-state index in [0.717, 1.165) is 11.3 Å². The molecular formula is C15H16FNO2. The van der Waals surface area contributed by atoms with Crippen LogP contribution in [0, 0.1) is 5.82 Å². The van der Waals surface area contributed by atoms with E-state index in [0.29, 0.717) is 12.3 Å². The molecule has 1 atom stereocenters. The van der Waals surface area contributed by atoms with E-state index < -0.39 is 0 Å². The molecule has 2 aromatic rings. The van der Waals surface area contributed by atoms with Gasteiger partial charge in [-0.2, -0.15) is 0 Å². The standard InChI is InChI=1S/C15H16FNO2/c1-18-14-4-2-3-11(9-14)15(10-17)19-13-7-5-12(16)6-8-13/h2-9,15H,10,17H2,1H3. The Hall–Kier alpha value is -2.07. The predicted octanol–water partition coefficient (Wildman–Crippen LogP) is 2.91. The molecule has 1 unspecified atom stereocenters. The van der Waals surface area contributed by atoms with Gasteiger partial charge in [0.05, 0.1) is 7.11 Å². The molecule has 0 amide bonds. The summed E-state index contributed by atoms with van der Waals surface area (Å²) in [4.78, 5) is 0. The van der Waals surface area contributed by atoms with Crippen LogP contribution in [0.2, 0.25) is 0 Å². The molecule has 2 rings (SSSR count). The van der Waals surface area contributed by atoms with Crippen molar-refractivity contribution in [1.82, 2.24) is 0 Å². The number of benzene rings is 2. The van der Waals surface area contributed by atoms with Crippen molar-refractivity contribution in [3.05, 3.63) is 59.9 Å². The highest BCUT2D eigenvalue weighted by atomic mass is 19.1. The van der Waals surface area contributed by atoms with Crippen molar-refractivity contribution in [2.24, 2.45) is 5.73 Å². The summed E-state index contributed by atoms with van der Waals surface area (Å²) in [5.41, 5.74) is 6.66. The van der Waals surface area contributed by atoms with Gasteiger partial charge in [0, 0.05) is 6.54 Å². The Labute approximate surface area is 111 Å². The lowest BCUT2D eigenvalue weighted by Crippen LogP contribution is -2.18. The van der Waals surface area contributed by atoms with E-state index in [-0.39, 0.29) is 11.9 Å². The van der Waals surface area contributed by atoms with Gasteiger partial charge in [-0.25, -0.2) is 4.39 Å². The van der Waals surface area contributed by atoms with Gasteiger partial charge in [-0.15, -0.1) is 0 Å². The van der Waals surface area contributed by atoms with Crippen LogP contribution in [-0.2, 0) is 0 Å². The third-order valence-electron chi connectivity index (χ3n) is 2.77.